The largest absolute Gasteiger partial charge is 0.494 e. The minimum absolute atomic E-state index is 0.331. The second kappa shape index (κ2) is 6.06. The summed E-state index contributed by atoms with van der Waals surface area (Å²) in [4.78, 5) is 11.2. The molecule has 112 valence electrons. The van der Waals surface area contributed by atoms with Crippen LogP contribution in [0.4, 0.5) is 0 Å². The van der Waals surface area contributed by atoms with Crippen LogP contribution in [-0.2, 0) is 6.42 Å². The van der Waals surface area contributed by atoms with E-state index in [4.69, 9.17) is 4.74 Å². The van der Waals surface area contributed by atoms with Crippen LogP contribution in [0.5, 0.6) is 5.75 Å². The van der Waals surface area contributed by atoms with Crippen molar-refractivity contribution in [1.29, 1.82) is 0 Å². The van der Waals surface area contributed by atoms with E-state index in [0.29, 0.717) is 12.2 Å². The minimum Gasteiger partial charge on any atom is -0.494 e. The number of aryl methyl sites for hydroxylation is 1. The van der Waals surface area contributed by atoms with Crippen molar-refractivity contribution < 1.29 is 14.6 Å². The monoisotopic (exact) mass is 294 g/mol. The van der Waals surface area contributed by atoms with Crippen LogP contribution in [-0.4, -0.2) is 17.7 Å². The van der Waals surface area contributed by atoms with Crippen molar-refractivity contribution in [3.8, 4) is 5.75 Å². The molecule has 0 radical (unpaired) electrons. The van der Waals surface area contributed by atoms with E-state index < -0.39 is 5.97 Å². The first-order valence-corrected chi connectivity index (χ1v) is 7.49. The van der Waals surface area contributed by atoms with Crippen LogP contribution in [0, 0.1) is 0 Å². The maximum Gasteiger partial charge on any atom is 0.335 e. The second-order valence-electron chi connectivity index (χ2n) is 5.29. The maximum atomic E-state index is 11.2. The van der Waals surface area contributed by atoms with Crippen molar-refractivity contribution in [3.63, 3.8) is 0 Å². The Balaban J connectivity index is 2.00. The van der Waals surface area contributed by atoms with Crippen molar-refractivity contribution in [2.45, 2.75) is 19.8 Å². The highest BCUT2D eigenvalue weighted by atomic mass is 16.5. The number of rotatable bonds is 4. The van der Waals surface area contributed by atoms with Gasteiger partial charge in [0.05, 0.1) is 12.2 Å². The molecular formula is C19H18O3. The molecule has 0 aliphatic heterocycles. The predicted molar refractivity (Wildman–Crippen MR) is 86.4 cm³/mol. The van der Waals surface area contributed by atoms with Crippen LogP contribution in [0.1, 0.15) is 40.4 Å². The first kappa shape index (κ1) is 14.4. The number of allylic oxidation sites excluding steroid dienone is 1. The molecule has 0 saturated carbocycles. The van der Waals surface area contributed by atoms with E-state index >= 15 is 0 Å². The van der Waals surface area contributed by atoms with E-state index in [9.17, 15) is 9.90 Å². The van der Waals surface area contributed by atoms with E-state index in [1.54, 1.807) is 12.1 Å². The Morgan fingerprint density at radius 3 is 2.64 bits per heavy atom. The molecule has 0 amide bonds. The number of benzene rings is 2. The molecule has 0 spiro atoms. The first-order valence-electron chi connectivity index (χ1n) is 7.49. The summed E-state index contributed by atoms with van der Waals surface area (Å²) in [7, 11) is 0. The first-order chi connectivity index (χ1) is 10.7. The van der Waals surface area contributed by atoms with Gasteiger partial charge in [-0.15, -0.1) is 0 Å². The summed E-state index contributed by atoms with van der Waals surface area (Å²) in [6.07, 6.45) is 4.11. The number of aromatic carboxylic acids is 1. The Hall–Kier alpha value is -2.55. The maximum absolute atomic E-state index is 11.2. The Labute approximate surface area is 129 Å². The van der Waals surface area contributed by atoms with Crippen LogP contribution in [0.25, 0.3) is 5.57 Å². The smallest absolute Gasteiger partial charge is 0.335 e. The average molecular weight is 294 g/mol. The molecule has 1 N–H and O–H groups in total. The number of carboxylic acid groups (broad SMARTS) is 1. The van der Waals surface area contributed by atoms with E-state index in [1.807, 2.05) is 37.3 Å². The SMILES string of the molecule is CCOc1ccc(C2=CCCc3ccc(C(=O)O)cc32)cc1. The highest BCUT2D eigenvalue weighted by molar-refractivity contribution is 5.91. The Bertz CT molecular complexity index is 727. The lowest BCUT2D eigenvalue weighted by atomic mass is 9.86. The Morgan fingerprint density at radius 2 is 1.95 bits per heavy atom. The van der Waals surface area contributed by atoms with Gasteiger partial charge >= 0.3 is 5.97 Å². The molecule has 0 aromatic heterocycles. The molecule has 2 aromatic carbocycles. The number of ether oxygens (including phenoxy) is 1. The third-order valence-corrected chi connectivity index (χ3v) is 3.89. The van der Waals surface area contributed by atoms with Crippen molar-refractivity contribution in [1.82, 2.24) is 0 Å². The summed E-state index contributed by atoms with van der Waals surface area (Å²) in [5.41, 5.74) is 4.75. The molecule has 3 rings (SSSR count). The van der Waals surface area contributed by atoms with Crippen LogP contribution in [0.15, 0.2) is 48.5 Å². The third-order valence-electron chi connectivity index (χ3n) is 3.89. The third kappa shape index (κ3) is 2.75. The zero-order valence-corrected chi connectivity index (χ0v) is 12.5. The zero-order valence-electron chi connectivity index (χ0n) is 12.5. The molecule has 22 heavy (non-hydrogen) atoms. The molecule has 0 bridgehead atoms. The van der Waals surface area contributed by atoms with Gasteiger partial charge in [0.1, 0.15) is 5.75 Å². The number of hydrogen-bond donors (Lipinski definition) is 1. The lowest BCUT2D eigenvalue weighted by Crippen LogP contribution is -2.05. The van der Waals surface area contributed by atoms with E-state index in [-0.39, 0.29) is 0 Å². The number of hydrogen-bond acceptors (Lipinski definition) is 2. The van der Waals surface area contributed by atoms with Gasteiger partial charge in [-0.3, -0.25) is 0 Å². The quantitative estimate of drug-likeness (QED) is 0.921. The van der Waals surface area contributed by atoms with Gasteiger partial charge in [-0.1, -0.05) is 24.3 Å². The van der Waals surface area contributed by atoms with Crippen LogP contribution < -0.4 is 4.74 Å². The summed E-state index contributed by atoms with van der Waals surface area (Å²) in [5, 5.41) is 9.20. The average Bonchev–Trinajstić information content (AvgIpc) is 2.55. The van der Waals surface area contributed by atoms with Gasteiger partial charge in [0, 0.05) is 0 Å². The van der Waals surface area contributed by atoms with Gasteiger partial charge in [-0.05, 0) is 66.3 Å². The predicted octanol–water partition coefficient (Wildman–Crippen LogP) is 4.16. The molecule has 0 fully saturated rings. The summed E-state index contributed by atoms with van der Waals surface area (Å²) in [6, 6.07) is 13.4. The molecular weight excluding hydrogens is 276 g/mol. The van der Waals surface area contributed by atoms with Gasteiger partial charge in [0.2, 0.25) is 0 Å². The van der Waals surface area contributed by atoms with E-state index in [2.05, 4.69) is 6.08 Å². The van der Waals surface area contributed by atoms with Crippen LogP contribution in [0.2, 0.25) is 0 Å². The molecule has 0 atom stereocenters. The second-order valence-corrected chi connectivity index (χ2v) is 5.29. The Morgan fingerprint density at radius 1 is 1.18 bits per heavy atom. The molecule has 2 aromatic rings. The lowest BCUT2D eigenvalue weighted by Gasteiger charge is -2.19. The van der Waals surface area contributed by atoms with E-state index in [0.717, 1.165) is 35.3 Å². The fourth-order valence-electron chi connectivity index (χ4n) is 2.83. The fraction of sp³-hybridized carbons (Fsp3) is 0.211. The van der Waals surface area contributed by atoms with E-state index in [1.165, 1.54) is 5.56 Å². The standard InChI is InChI=1S/C19H18O3/c1-2-22-16-10-8-14(9-11-16)17-5-3-4-13-6-7-15(19(20)21)12-18(13)17/h5-12H,2-4H2,1H3,(H,20,21). The molecule has 0 saturated heterocycles. The minimum atomic E-state index is -0.889. The van der Waals surface area contributed by atoms with Gasteiger partial charge < -0.3 is 9.84 Å². The molecule has 3 nitrogen and oxygen atoms in total. The normalized spacial score (nSPS) is 13.2. The van der Waals surface area contributed by atoms with Crippen molar-refractivity contribution in [2.24, 2.45) is 0 Å². The van der Waals surface area contributed by atoms with Gasteiger partial charge in [0.15, 0.2) is 0 Å². The number of carboxylic acids is 1. The van der Waals surface area contributed by atoms with Crippen molar-refractivity contribution in [3.05, 3.63) is 70.8 Å². The van der Waals surface area contributed by atoms with Crippen LogP contribution in [0.3, 0.4) is 0 Å². The summed E-state index contributed by atoms with van der Waals surface area (Å²) >= 11 is 0. The summed E-state index contributed by atoms with van der Waals surface area (Å²) in [6.45, 7) is 2.61. The van der Waals surface area contributed by atoms with Crippen molar-refractivity contribution >= 4 is 11.5 Å². The molecule has 1 aliphatic rings. The topological polar surface area (TPSA) is 46.5 Å². The highest BCUT2D eigenvalue weighted by Crippen LogP contribution is 2.33. The summed E-state index contributed by atoms with van der Waals surface area (Å²) in [5.74, 6) is -0.0402. The lowest BCUT2D eigenvalue weighted by molar-refractivity contribution is 0.0697. The molecule has 1 aliphatic carbocycles. The number of carbonyl (C=O) groups is 1. The Kier molecular flexibility index (Phi) is 3.96. The number of fused-ring (bicyclic) bond motifs is 1. The molecule has 0 unspecified atom stereocenters. The van der Waals surface area contributed by atoms with Gasteiger partial charge in [0.25, 0.3) is 0 Å². The molecule has 3 heteroatoms. The van der Waals surface area contributed by atoms with Crippen molar-refractivity contribution in [2.75, 3.05) is 6.61 Å². The zero-order chi connectivity index (χ0) is 15.5. The molecule has 0 heterocycles. The van der Waals surface area contributed by atoms with Crippen LogP contribution >= 0.6 is 0 Å². The summed E-state index contributed by atoms with van der Waals surface area (Å²) < 4.78 is 5.47. The fourth-order valence-corrected chi connectivity index (χ4v) is 2.83. The highest BCUT2D eigenvalue weighted by Gasteiger charge is 2.16. The van der Waals surface area contributed by atoms with Gasteiger partial charge in [-0.25, -0.2) is 4.79 Å². The van der Waals surface area contributed by atoms with Gasteiger partial charge in [-0.2, -0.15) is 0 Å².